The van der Waals surface area contributed by atoms with Crippen LogP contribution in [-0.4, -0.2) is 37.1 Å². The fraction of sp³-hybridized carbons (Fsp3) is 0.381. The van der Waals surface area contributed by atoms with Gasteiger partial charge in [-0.05, 0) is 41.8 Å². The van der Waals surface area contributed by atoms with E-state index >= 15 is 0 Å². The number of hydrogen-bond donors (Lipinski definition) is 1. The number of carbonyl (C=O) groups is 1. The zero-order valence-corrected chi connectivity index (χ0v) is 16.0. The Morgan fingerprint density at radius 1 is 1.00 bits per heavy atom. The van der Waals surface area contributed by atoms with Crippen molar-refractivity contribution in [3.8, 4) is 0 Å². The van der Waals surface area contributed by atoms with E-state index in [9.17, 15) is 18.0 Å². The van der Waals surface area contributed by atoms with E-state index < -0.39 is 11.7 Å². The first-order chi connectivity index (χ1) is 13.2. The van der Waals surface area contributed by atoms with Crippen LogP contribution in [0.2, 0.25) is 0 Å². The summed E-state index contributed by atoms with van der Waals surface area (Å²) >= 11 is 0. The van der Waals surface area contributed by atoms with E-state index in [1.54, 1.807) is 11.0 Å². The fourth-order valence-corrected chi connectivity index (χ4v) is 3.20. The van der Waals surface area contributed by atoms with Crippen molar-refractivity contribution in [1.82, 2.24) is 4.90 Å². The van der Waals surface area contributed by atoms with Crippen molar-refractivity contribution in [2.24, 2.45) is 0 Å². The Kier molecular flexibility index (Phi) is 5.82. The van der Waals surface area contributed by atoms with E-state index in [-0.39, 0.29) is 6.03 Å². The molecule has 4 nitrogen and oxygen atoms in total. The van der Waals surface area contributed by atoms with Crippen molar-refractivity contribution in [1.29, 1.82) is 0 Å². The number of urea groups is 1. The van der Waals surface area contributed by atoms with E-state index in [0.717, 1.165) is 17.8 Å². The molecule has 1 saturated heterocycles. The average molecular weight is 391 g/mol. The average Bonchev–Trinajstić information content (AvgIpc) is 2.68. The second-order valence-electron chi connectivity index (χ2n) is 7.23. The van der Waals surface area contributed by atoms with Crippen molar-refractivity contribution in [2.75, 3.05) is 36.4 Å². The number of rotatable bonds is 3. The molecule has 2 aromatic carbocycles. The number of benzene rings is 2. The Morgan fingerprint density at radius 2 is 1.64 bits per heavy atom. The number of alkyl halides is 3. The number of nitrogens with one attached hydrogen (secondary N) is 1. The van der Waals surface area contributed by atoms with E-state index in [1.807, 2.05) is 29.2 Å². The molecule has 150 valence electrons. The largest absolute Gasteiger partial charge is 0.416 e. The molecule has 0 aromatic heterocycles. The predicted molar refractivity (Wildman–Crippen MR) is 105 cm³/mol. The summed E-state index contributed by atoms with van der Waals surface area (Å²) in [6.45, 7) is 6.09. The Hall–Kier alpha value is -2.70. The zero-order chi connectivity index (χ0) is 20.3. The highest BCUT2D eigenvalue weighted by Gasteiger charge is 2.31. The van der Waals surface area contributed by atoms with Crippen LogP contribution in [0.3, 0.4) is 0 Å². The van der Waals surface area contributed by atoms with Gasteiger partial charge in [-0.2, -0.15) is 13.2 Å². The normalized spacial score (nSPS) is 15.1. The highest BCUT2D eigenvalue weighted by Crippen LogP contribution is 2.32. The van der Waals surface area contributed by atoms with Crippen LogP contribution in [0.4, 0.5) is 29.3 Å². The quantitative estimate of drug-likeness (QED) is 0.782. The highest BCUT2D eigenvalue weighted by molar-refractivity contribution is 5.89. The third-order valence-electron chi connectivity index (χ3n) is 4.93. The van der Waals surface area contributed by atoms with Gasteiger partial charge in [-0.15, -0.1) is 0 Å². The summed E-state index contributed by atoms with van der Waals surface area (Å²) in [5, 5.41) is 2.88. The van der Waals surface area contributed by atoms with Gasteiger partial charge in [-0.3, -0.25) is 0 Å². The van der Waals surface area contributed by atoms with Crippen LogP contribution in [0.25, 0.3) is 0 Å². The van der Waals surface area contributed by atoms with Crippen LogP contribution in [-0.2, 0) is 6.18 Å². The predicted octanol–water partition coefficient (Wildman–Crippen LogP) is 5.18. The van der Waals surface area contributed by atoms with Gasteiger partial charge in [0.1, 0.15) is 0 Å². The lowest BCUT2D eigenvalue weighted by atomic mass is 10.0. The second kappa shape index (κ2) is 8.12. The fourth-order valence-electron chi connectivity index (χ4n) is 3.20. The molecule has 7 heteroatoms. The maximum absolute atomic E-state index is 12.9. The van der Waals surface area contributed by atoms with Gasteiger partial charge in [0, 0.05) is 37.6 Å². The molecule has 2 amide bonds. The summed E-state index contributed by atoms with van der Waals surface area (Å²) in [4.78, 5) is 16.0. The molecule has 0 aliphatic carbocycles. The van der Waals surface area contributed by atoms with Crippen molar-refractivity contribution >= 4 is 17.4 Å². The minimum absolute atomic E-state index is 0.194. The molecule has 1 heterocycles. The van der Waals surface area contributed by atoms with E-state index in [2.05, 4.69) is 19.2 Å². The maximum atomic E-state index is 12.9. The molecule has 0 atom stereocenters. The molecule has 1 fully saturated rings. The topological polar surface area (TPSA) is 35.6 Å². The SMILES string of the molecule is CC(C)c1ccc(NC(=O)N2CCN(c3cccc(C(F)(F)F)c3)CC2)cc1. The van der Waals surface area contributed by atoms with Gasteiger partial charge in [0.05, 0.1) is 5.56 Å². The van der Waals surface area contributed by atoms with Gasteiger partial charge >= 0.3 is 12.2 Å². The lowest BCUT2D eigenvalue weighted by molar-refractivity contribution is -0.137. The molecule has 0 saturated carbocycles. The number of hydrogen-bond acceptors (Lipinski definition) is 2. The molecule has 1 N–H and O–H groups in total. The van der Waals surface area contributed by atoms with Crippen LogP contribution in [0, 0.1) is 0 Å². The van der Waals surface area contributed by atoms with Gasteiger partial charge < -0.3 is 15.1 Å². The number of carbonyl (C=O) groups excluding carboxylic acids is 1. The Bertz CT molecular complexity index is 810. The number of anilines is 2. The van der Waals surface area contributed by atoms with Crippen LogP contribution < -0.4 is 10.2 Å². The summed E-state index contributed by atoms with van der Waals surface area (Å²) in [5.41, 5.74) is 1.80. The summed E-state index contributed by atoms with van der Waals surface area (Å²) in [6, 6.07) is 12.9. The molecule has 0 radical (unpaired) electrons. The van der Waals surface area contributed by atoms with E-state index in [4.69, 9.17) is 0 Å². The second-order valence-corrected chi connectivity index (χ2v) is 7.23. The number of piperazine rings is 1. The molecule has 0 spiro atoms. The van der Waals surface area contributed by atoms with Gasteiger partial charge in [0.25, 0.3) is 0 Å². The molecule has 0 unspecified atom stereocenters. The molecule has 1 aliphatic heterocycles. The first kappa shape index (κ1) is 20.0. The molecule has 2 aromatic rings. The zero-order valence-electron chi connectivity index (χ0n) is 16.0. The van der Waals surface area contributed by atoms with Gasteiger partial charge in [0.15, 0.2) is 0 Å². The van der Waals surface area contributed by atoms with Crippen molar-refractivity contribution in [2.45, 2.75) is 25.9 Å². The lowest BCUT2D eigenvalue weighted by Gasteiger charge is -2.36. The van der Waals surface area contributed by atoms with Crippen molar-refractivity contribution in [3.05, 3.63) is 59.7 Å². The first-order valence-corrected chi connectivity index (χ1v) is 9.32. The maximum Gasteiger partial charge on any atom is 0.416 e. The first-order valence-electron chi connectivity index (χ1n) is 9.32. The number of amides is 2. The number of halogens is 3. The van der Waals surface area contributed by atoms with Gasteiger partial charge in [0.2, 0.25) is 0 Å². The van der Waals surface area contributed by atoms with Crippen LogP contribution >= 0.6 is 0 Å². The lowest BCUT2D eigenvalue weighted by Crippen LogP contribution is -2.50. The summed E-state index contributed by atoms with van der Waals surface area (Å²) < 4.78 is 38.7. The smallest absolute Gasteiger partial charge is 0.368 e. The van der Waals surface area contributed by atoms with Crippen molar-refractivity contribution < 1.29 is 18.0 Å². The third kappa shape index (κ3) is 4.77. The molecule has 1 aliphatic rings. The third-order valence-corrected chi connectivity index (χ3v) is 4.93. The van der Waals surface area contributed by atoms with E-state index in [0.29, 0.717) is 37.8 Å². The van der Waals surface area contributed by atoms with Crippen molar-refractivity contribution in [3.63, 3.8) is 0 Å². The monoisotopic (exact) mass is 391 g/mol. The van der Waals surface area contributed by atoms with Crippen LogP contribution in [0.5, 0.6) is 0 Å². The molecular weight excluding hydrogens is 367 g/mol. The Balaban J connectivity index is 1.57. The summed E-state index contributed by atoms with van der Waals surface area (Å²) in [7, 11) is 0. The Labute approximate surface area is 162 Å². The molecule has 3 rings (SSSR count). The minimum Gasteiger partial charge on any atom is -0.368 e. The standard InChI is InChI=1S/C21H24F3N3O/c1-15(2)16-6-8-18(9-7-16)25-20(28)27-12-10-26(11-13-27)19-5-3-4-17(14-19)21(22,23)24/h3-9,14-15H,10-13H2,1-2H3,(H,25,28). The molecule has 0 bridgehead atoms. The minimum atomic E-state index is -4.36. The highest BCUT2D eigenvalue weighted by atomic mass is 19.4. The van der Waals surface area contributed by atoms with Gasteiger partial charge in [-0.25, -0.2) is 4.79 Å². The summed E-state index contributed by atoms with van der Waals surface area (Å²) in [6.07, 6.45) is -4.36. The molecule has 28 heavy (non-hydrogen) atoms. The molecular formula is C21H24F3N3O. The van der Waals surface area contributed by atoms with E-state index in [1.165, 1.54) is 11.6 Å². The Morgan fingerprint density at radius 3 is 2.21 bits per heavy atom. The van der Waals surface area contributed by atoms with Gasteiger partial charge in [-0.1, -0.05) is 32.0 Å². The number of nitrogens with zero attached hydrogens (tertiary/aromatic N) is 2. The van der Waals surface area contributed by atoms with Crippen LogP contribution in [0.1, 0.15) is 30.9 Å². The summed E-state index contributed by atoms with van der Waals surface area (Å²) in [5.74, 6) is 0.425. The van der Waals surface area contributed by atoms with Crippen LogP contribution in [0.15, 0.2) is 48.5 Å².